The van der Waals surface area contributed by atoms with Gasteiger partial charge in [-0.3, -0.25) is 0 Å². The van der Waals surface area contributed by atoms with Gasteiger partial charge in [-0.1, -0.05) is 13.3 Å². The zero-order valence-electron chi connectivity index (χ0n) is 7.70. The number of hydrogen-bond acceptors (Lipinski definition) is 2. The fraction of sp³-hybridized carbons (Fsp3) is 0.300. The molecule has 0 radical (unpaired) electrons. The predicted octanol–water partition coefficient (Wildman–Crippen LogP) is 1.87. The Morgan fingerprint density at radius 2 is 2.38 bits per heavy atom. The maximum atomic E-state index is 5.69. The normalized spacial score (nSPS) is 10.8. The zero-order chi connectivity index (χ0) is 9.26. The van der Waals surface area contributed by atoms with Crippen molar-refractivity contribution in [3.05, 3.63) is 30.1 Å². The van der Waals surface area contributed by atoms with Gasteiger partial charge in [-0.2, -0.15) is 5.10 Å². The Bertz CT molecular complexity index is 417. The first kappa shape index (κ1) is 8.10. The topological polar surface area (TPSA) is 43.3 Å². The van der Waals surface area contributed by atoms with Crippen LogP contribution in [0.4, 0.5) is 5.69 Å². The fourth-order valence-corrected chi connectivity index (χ4v) is 1.57. The molecule has 0 saturated heterocycles. The minimum Gasteiger partial charge on any atom is -0.397 e. The summed E-state index contributed by atoms with van der Waals surface area (Å²) in [5.74, 6) is 0. The molecule has 2 aromatic rings. The number of nitrogens with zero attached hydrogens (tertiary/aromatic N) is 2. The van der Waals surface area contributed by atoms with Crippen molar-refractivity contribution in [2.24, 2.45) is 0 Å². The van der Waals surface area contributed by atoms with Crippen LogP contribution in [0.2, 0.25) is 0 Å². The van der Waals surface area contributed by atoms with E-state index in [-0.39, 0.29) is 0 Å². The third-order valence-corrected chi connectivity index (χ3v) is 2.14. The maximum absolute atomic E-state index is 5.69. The second kappa shape index (κ2) is 3.09. The van der Waals surface area contributed by atoms with E-state index in [1.165, 1.54) is 5.56 Å². The van der Waals surface area contributed by atoms with E-state index < -0.39 is 0 Å². The van der Waals surface area contributed by atoms with E-state index in [1.807, 2.05) is 23.0 Å². The molecule has 68 valence electrons. The SMILES string of the molecule is CCCc1ccnn2cc(N)cc12. The summed E-state index contributed by atoms with van der Waals surface area (Å²) >= 11 is 0. The van der Waals surface area contributed by atoms with Crippen LogP contribution in [-0.4, -0.2) is 9.61 Å². The molecule has 0 aliphatic heterocycles. The van der Waals surface area contributed by atoms with Gasteiger partial charge >= 0.3 is 0 Å². The molecule has 2 N–H and O–H groups in total. The van der Waals surface area contributed by atoms with Gasteiger partial charge < -0.3 is 5.73 Å². The fourth-order valence-electron chi connectivity index (χ4n) is 1.57. The Morgan fingerprint density at radius 1 is 1.54 bits per heavy atom. The van der Waals surface area contributed by atoms with Crippen molar-refractivity contribution >= 4 is 11.2 Å². The van der Waals surface area contributed by atoms with Crippen LogP contribution in [0.1, 0.15) is 18.9 Å². The number of aromatic nitrogens is 2. The minimum atomic E-state index is 0.774. The van der Waals surface area contributed by atoms with Crippen molar-refractivity contribution in [3.63, 3.8) is 0 Å². The van der Waals surface area contributed by atoms with Crippen molar-refractivity contribution < 1.29 is 0 Å². The summed E-state index contributed by atoms with van der Waals surface area (Å²) in [6.07, 6.45) is 5.88. The largest absolute Gasteiger partial charge is 0.397 e. The molecular formula is C10H13N3. The summed E-state index contributed by atoms with van der Waals surface area (Å²) in [4.78, 5) is 0. The van der Waals surface area contributed by atoms with E-state index in [0.29, 0.717) is 0 Å². The molecule has 0 aliphatic rings. The Morgan fingerprint density at radius 3 is 3.15 bits per heavy atom. The van der Waals surface area contributed by atoms with E-state index in [2.05, 4.69) is 18.1 Å². The minimum absolute atomic E-state index is 0.774. The van der Waals surface area contributed by atoms with Gasteiger partial charge in [0.2, 0.25) is 0 Å². The smallest absolute Gasteiger partial charge is 0.0700 e. The molecule has 0 atom stereocenters. The van der Waals surface area contributed by atoms with Crippen molar-refractivity contribution in [1.82, 2.24) is 9.61 Å². The van der Waals surface area contributed by atoms with Crippen LogP contribution in [0, 0.1) is 0 Å². The summed E-state index contributed by atoms with van der Waals surface area (Å²) in [7, 11) is 0. The molecule has 0 unspecified atom stereocenters. The molecular weight excluding hydrogens is 162 g/mol. The maximum Gasteiger partial charge on any atom is 0.0700 e. The van der Waals surface area contributed by atoms with Crippen LogP contribution in [0.3, 0.4) is 0 Å². The number of aryl methyl sites for hydroxylation is 1. The van der Waals surface area contributed by atoms with Gasteiger partial charge in [0.1, 0.15) is 0 Å². The molecule has 0 spiro atoms. The lowest BCUT2D eigenvalue weighted by Crippen LogP contribution is -1.93. The van der Waals surface area contributed by atoms with Crippen LogP contribution < -0.4 is 5.73 Å². The number of hydrogen-bond donors (Lipinski definition) is 1. The summed E-state index contributed by atoms with van der Waals surface area (Å²) in [6, 6.07) is 4.02. The Hall–Kier alpha value is -1.51. The first-order valence-corrected chi connectivity index (χ1v) is 4.53. The van der Waals surface area contributed by atoms with Gasteiger partial charge in [-0.25, -0.2) is 4.52 Å². The molecule has 0 aliphatic carbocycles. The second-order valence-electron chi connectivity index (χ2n) is 3.21. The standard InChI is InChI=1S/C10H13N3/c1-2-3-8-4-5-12-13-7-9(11)6-10(8)13/h4-7H,2-3,11H2,1H3. The molecule has 3 heteroatoms. The first-order valence-electron chi connectivity index (χ1n) is 4.53. The molecule has 2 heterocycles. The Balaban J connectivity index is 2.60. The van der Waals surface area contributed by atoms with Crippen molar-refractivity contribution in [2.75, 3.05) is 5.73 Å². The highest BCUT2D eigenvalue weighted by Gasteiger charge is 2.01. The van der Waals surface area contributed by atoms with E-state index in [4.69, 9.17) is 5.73 Å². The highest BCUT2D eigenvalue weighted by Crippen LogP contribution is 2.15. The molecule has 2 rings (SSSR count). The van der Waals surface area contributed by atoms with Crippen molar-refractivity contribution in [3.8, 4) is 0 Å². The van der Waals surface area contributed by atoms with Crippen LogP contribution in [-0.2, 0) is 6.42 Å². The van der Waals surface area contributed by atoms with Gasteiger partial charge in [0.05, 0.1) is 17.4 Å². The predicted molar refractivity (Wildman–Crippen MR) is 53.6 cm³/mol. The van der Waals surface area contributed by atoms with Crippen molar-refractivity contribution in [2.45, 2.75) is 19.8 Å². The zero-order valence-corrected chi connectivity index (χ0v) is 7.70. The average Bonchev–Trinajstić information content (AvgIpc) is 2.47. The van der Waals surface area contributed by atoms with Crippen LogP contribution >= 0.6 is 0 Å². The highest BCUT2D eigenvalue weighted by atomic mass is 15.2. The molecule has 3 nitrogen and oxygen atoms in total. The van der Waals surface area contributed by atoms with E-state index in [1.54, 1.807) is 0 Å². The van der Waals surface area contributed by atoms with Crippen LogP contribution in [0.15, 0.2) is 24.5 Å². The quantitative estimate of drug-likeness (QED) is 0.757. The molecule has 0 fully saturated rings. The third-order valence-electron chi connectivity index (χ3n) is 2.14. The number of anilines is 1. The molecule has 2 aromatic heterocycles. The number of nitrogens with two attached hydrogens (primary N) is 1. The van der Waals surface area contributed by atoms with E-state index >= 15 is 0 Å². The molecule has 0 saturated carbocycles. The summed E-state index contributed by atoms with van der Waals surface area (Å²) in [6.45, 7) is 2.17. The highest BCUT2D eigenvalue weighted by molar-refractivity contribution is 5.62. The molecule has 13 heavy (non-hydrogen) atoms. The average molecular weight is 175 g/mol. The van der Waals surface area contributed by atoms with Crippen LogP contribution in [0.25, 0.3) is 5.52 Å². The van der Waals surface area contributed by atoms with Gasteiger partial charge in [0, 0.05) is 6.20 Å². The summed E-state index contributed by atoms with van der Waals surface area (Å²) < 4.78 is 1.83. The first-order chi connectivity index (χ1) is 6.31. The molecule has 0 bridgehead atoms. The van der Waals surface area contributed by atoms with E-state index in [9.17, 15) is 0 Å². The monoisotopic (exact) mass is 175 g/mol. The number of rotatable bonds is 2. The summed E-state index contributed by atoms with van der Waals surface area (Å²) in [5.41, 5.74) is 8.91. The van der Waals surface area contributed by atoms with Gasteiger partial charge in [0.15, 0.2) is 0 Å². The second-order valence-corrected chi connectivity index (χ2v) is 3.21. The number of fused-ring (bicyclic) bond motifs is 1. The van der Waals surface area contributed by atoms with Crippen LogP contribution in [0.5, 0.6) is 0 Å². The van der Waals surface area contributed by atoms with Gasteiger partial charge in [-0.05, 0) is 24.1 Å². The van der Waals surface area contributed by atoms with E-state index in [0.717, 1.165) is 24.0 Å². The lowest BCUT2D eigenvalue weighted by Gasteiger charge is -2.00. The Kier molecular flexibility index (Phi) is 1.93. The molecule has 0 amide bonds. The lowest BCUT2D eigenvalue weighted by molar-refractivity contribution is 0.882. The Labute approximate surface area is 77.2 Å². The lowest BCUT2D eigenvalue weighted by atomic mass is 10.1. The summed E-state index contributed by atoms with van der Waals surface area (Å²) in [5, 5.41) is 4.18. The van der Waals surface area contributed by atoms with Gasteiger partial charge in [0.25, 0.3) is 0 Å². The van der Waals surface area contributed by atoms with Gasteiger partial charge in [-0.15, -0.1) is 0 Å². The van der Waals surface area contributed by atoms with Crippen molar-refractivity contribution in [1.29, 1.82) is 0 Å². The number of nitrogen functional groups attached to an aromatic ring is 1. The third kappa shape index (κ3) is 1.37. The molecule has 0 aromatic carbocycles.